The molecule has 0 aliphatic carbocycles. The minimum atomic E-state index is -2.00. The van der Waals surface area contributed by atoms with Gasteiger partial charge in [-0.15, -0.1) is 20.2 Å². The predicted molar refractivity (Wildman–Crippen MR) is 105 cm³/mol. The van der Waals surface area contributed by atoms with Crippen LogP contribution in [0.25, 0.3) is 0 Å². The number of hydrogen-bond acceptors (Lipinski definition) is 9. The second-order valence-corrected chi connectivity index (χ2v) is 19.5. The molecule has 0 unspecified atom stereocenters. The average molecular weight is 615 g/mol. The van der Waals surface area contributed by atoms with Gasteiger partial charge in [0.05, 0.1) is 0 Å². The summed E-state index contributed by atoms with van der Waals surface area (Å²) < 4.78 is 29.2. The first kappa shape index (κ1) is 52.1. The number of hydrogen-bond donors (Lipinski definition) is 3. The molecule has 0 heterocycles. The summed E-state index contributed by atoms with van der Waals surface area (Å²) in [4.78, 5) is 16.7. The fraction of sp³-hybridized carbons (Fsp3) is 1.00. The van der Waals surface area contributed by atoms with Crippen LogP contribution in [0.15, 0.2) is 0 Å². The van der Waals surface area contributed by atoms with Crippen molar-refractivity contribution < 1.29 is 80.1 Å². The van der Waals surface area contributed by atoms with Crippen LogP contribution in [0.5, 0.6) is 0 Å². The molecule has 0 saturated carbocycles. The Morgan fingerprint density at radius 2 is 0.862 bits per heavy atom. The standard InChI is InChI=1S/C8H24O2Si3.CH4O.B.2HNO3.Na.2O.Pd.Ti/c1-11(2,3)9-13(7,8)10-12(4,5)6;1-2;;2*2-1(3)4;;;;;/h1-8H3;2H,1H3;;2*(H,2,3,4);;;;;. The van der Waals surface area contributed by atoms with E-state index in [0.29, 0.717) is 0 Å². The van der Waals surface area contributed by atoms with E-state index in [4.69, 9.17) is 50.6 Å². The Morgan fingerprint density at radius 1 is 0.759 bits per heavy atom. The van der Waals surface area contributed by atoms with Crippen LogP contribution < -0.4 is 0 Å². The predicted octanol–water partition coefficient (Wildman–Crippen LogP) is 1.30. The van der Waals surface area contributed by atoms with E-state index in [0.717, 1.165) is 7.11 Å². The van der Waals surface area contributed by atoms with E-state index in [-0.39, 0.29) is 58.4 Å². The van der Waals surface area contributed by atoms with Crippen LogP contribution >= 0.6 is 0 Å². The smallest absolute Gasteiger partial charge is 0 e. The molecule has 0 amide bonds. The van der Waals surface area contributed by atoms with Crippen molar-refractivity contribution in [1.29, 1.82) is 0 Å². The first-order valence-corrected chi connectivity index (χ1v) is 17.7. The van der Waals surface area contributed by atoms with Gasteiger partial charge in [0, 0.05) is 65.5 Å². The Hall–Kier alpha value is 0.972. The molecule has 0 aromatic heterocycles. The van der Waals surface area contributed by atoms with Crippen LogP contribution in [0.4, 0.5) is 0 Å². The van der Waals surface area contributed by atoms with Crippen molar-refractivity contribution in [2.45, 2.75) is 52.4 Å². The van der Waals surface area contributed by atoms with E-state index in [1.807, 2.05) is 0 Å². The number of aliphatic hydroxyl groups is 1. The van der Waals surface area contributed by atoms with Gasteiger partial charge in [-0.1, -0.05) is 0 Å². The molecule has 0 fully saturated rings. The van der Waals surface area contributed by atoms with Crippen molar-refractivity contribution in [1.82, 2.24) is 0 Å². The third kappa shape index (κ3) is 125. The summed E-state index contributed by atoms with van der Waals surface area (Å²) in [5.41, 5.74) is 0. The Balaban J connectivity index is -0.0000000386. The van der Waals surface area contributed by atoms with E-state index in [2.05, 4.69) is 52.4 Å². The minimum Gasteiger partial charge on any atom is 0 e. The summed E-state index contributed by atoms with van der Waals surface area (Å²) in [5, 5.41) is 34.3. The zero-order chi connectivity index (χ0) is 22.8. The molecule has 0 aliphatic rings. The van der Waals surface area contributed by atoms with E-state index < -0.39 is 54.5 Å². The van der Waals surface area contributed by atoms with Gasteiger partial charge in [-0.3, -0.25) is 0 Å². The molecule has 0 aliphatic heterocycles. The van der Waals surface area contributed by atoms with Gasteiger partial charge < -0.3 is 23.8 Å². The monoisotopic (exact) mass is 614 g/mol. The van der Waals surface area contributed by atoms with Gasteiger partial charge >= 0.3 is 34.3 Å². The van der Waals surface area contributed by atoms with Crippen LogP contribution in [0.3, 0.4) is 0 Å². The fourth-order valence-corrected chi connectivity index (χ4v) is 13.8. The second-order valence-electron chi connectivity index (χ2n) is 6.39. The Labute approximate surface area is 221 Å². The van der Waals surface area contributed by atoms with Gasteiger partial charge in [-0.05, 0) is 52.4 Å². The van der Waals surface area contributed by atoms with Crippen LogP contribution in [0.2, 0.25) is 52.4 Å². The van der Waals surface area contributed by atoms with E-state index in [1.165, 1.54) is 0 Å². The molecule has 0 aromatic carbocycles. The molecule has 3 N–H and O–H groups in total. The normalized spacial score (nSPS) is 8.76. The van der Waals surface area contributed by atoms with Crippen LogP contribution in [0.1, 0.15) is 0 Å². The summed E-state index contributed by atoms with van der Waals surface area (Å²) in [7, 11) is -3.72. The molecule has 4 radical (unpaired) electrons. The van der Waals surface area contributed by atoms with Crippen LogP contribution in [0, 0.1) is 20.2 Å². The maximum atomic E-state index is 8.50. The molecule has 13 nitrogen and oxygen atoms in total. The fourth-order valence-electron chi connectivity index (χ4n) is 1.50. The molecule has 0 aromatic rings. The molecular formula is C9H30BN2NaO11PdSi3Ti. The van der Waals surface area contributed by atoms with Crippen molar-refractivity contribution in [2.24, 2.45) is 0 Å². The molecule has 0 atom stereocenters. The van der Waals surface area contributed by atoms with Gasteiger partial charge in [0.2, 0.25) is 0 Å². The third-order valence-electron chi connectivity index (χ3n) is 1.10. The van der Waals surface area contributed by atoms with Crippen molar-refractivity contribution in [3.63, 3.8) is 0 Å². The van der Waals surface area contributed by atoms with Gasteiger partial charge in [-0.25, -0.2) is 0 Å². The SMILES string of the molecule is CO.C[Si](C)(C)O[Si](C)(C)O[Si](C)(C)C.O=[N+]([O-])O.O=[N+]([O-])O.[B].[Na].[O]=[Ti]=[O].[Pd]. The zero-order valence-electron chi connectivity index (χ0n) is 18.4. The maximum Gasteiger partial charge on any atom is 0 e. The molecule has 0 rings (SSSR count). The number of aliphatic hydroxyl groups excluding tert-OH is 1. The summed E-state index contributed by atoms with van der Waals surface area (Å²) >= 11 is -2.00. The molecular weight excluding hydrogens is 584 g/mol. The molecule has 0 saturated heterocycles. The topological polar surface area (TPSA) is 200 Å². The Bertz CT molecular complexity index is 387. The summed E-state index contributed by atoms with van der Waals surface area (Å²) in [6, 6.07) is 0. The molecule has 29 heavy (non-hydrogen) atoms. The van der Waals surface area contributed by atoms with E-state index >= 15 is 0 Å². The van der Waals surface area contributed by atoms with Crippen LogP contribution in [-0.4, -0.2) is 96.0 Å². The average Bonchev–Trinajstić information content (AvgIpc) is 2.23. The summed E-state index contributed by atoms with van der Waals surface area (Å²) in [5.74, 6) is 0. The second kappa shape index (κ2) is 29.0. The molecule has 172 valence electrons. The van der Waals surface area contributed by atoms with Crippen molar-refractivity contribution in [3.05, 3.63) is 20.2 Å². The van der Waals surface area contributed by atoms with E-state index in [9.17, 15) is 0 Å². The molecule has 0 spiro atoms. The van der Waals surface area contributed by atoms with Crippen molar-refractivity contribution in [3.8, 4) is 0 Å². The van der Waals surface area contributed by atoms with Crippen LogP contribution in [-0.2, 0) is 54.4 Å². The molecule has 20 heteroatoms. The number of rotatable bonds is 4. The Morgan fingerprint density at radius 3 is 0.931 bits per heavy atom. The third-order valence-corrected chi connectivity index (χ3v) is 9.94. The Kier molecular flexibility index (Phi) is 52.1. The van der Waals surface area contributed by atoms with Crippen molar-refractivity contribution >= 4 is 63.2 Å². The molecule has 0 bridgehead atoms. The van der Waals surface area contributed by atoms with E-state index in [1.54, 1.807) is 0 Å². The summed E-state index contributed by atoms with van der Waals surface area (Å²) in [6.07, 6.45) is 0. The first-order valence-electron chi connectivity index (χ1n) is 6.80. The largest absolute Gasteiger partial charge is 0 e. The minimum absolute atomic E-state index is 0. The first-order chi connectivity index (χ1) is 11.3. The van der Waals surface area contributed by atoms with Gasteiger partial charge in [0.1, 0.15) is 0 Å². The zero-order valence-corrected chi connectivity index (χ0v) is 26.5. The summed E-state index contributed by atoms with van der Waals surface area (Å²) in [6.45, 7) is 17.6. The van der Waals surface area contributed by atoms with Gasteiger partial charge in [0.25, 0.3) is 10.2 Å². The van der Waals surface area contributed by atoms with Crippen molar-refractivity contribution in [2.75, 3.05) is 7.11 Å². The van der Waals surface area contributed by atoms with Gasteiger partial charge in [0.15, 0.2) is 16.6 Å². The quantitative estimate of drug-likeness (QED) is 0.234. The van der Waals surface area contributed by atoms with Gasteiger partial charge in [-0.2, -0.15) is 0 Å². The number of nitrogens with zero attached hydrogens (tertiary/aromatic N) is 2. The maximum absolute atomic E-state index is 8.50.